The molecule has 0 saturated carbocycles. The Bertz CT molecular complexity index is 1700. The van der Waals surface area contributed by atoms with Crippen LogP contribution in [-0.4, -0.2) is 52.9 Å². The van der Waals surface area contributed by atoms with E-state index in [9.17, 15) is 23.7 Å². The summed E-state index contributed by atoms with van der Waals surface area (Å²) in [5, 5.41) is 9.10. The number of hydrogen-bond donors (Lipinski definition) is 1. The predicted molar refractivity (Wildman–Crippen MR) is 159 cm³/mol. The molecule has 0 bridgehead atoms. The fourth-order valence-electron chi connectivity index (χ4n) is 3.81. The number of rotatable bonds is 12. The molecule has 46 heavy (non-hydrogen) atoms. The molecule has 1 unspecified atom stereocenters. The second kappa shape index (κ2) is 14.8. The zero-order valence-corrected chi connectivity index (χ0v) is 27.6. The fourth-order valence-corrected chi connectivity index (χ4v) is 5.53. The van der Waals surface area contributed by atoms with Gasteiger partial charge in [0.2, 0.25) is 6.79 Å². The normalized spacial score (nSPS) is 13.2. The second-order valence-electron chi connectivity index (χ2n) is 10.4. The summed E-state index contributed by atoms with van der Waals surface area (Å²) in [6, 6.07) is 9.12. The molecule has 0 amide bonds. The molecular formula is C28H30BrF2N2O12P. The van der Waals surface area contributed by atoms with Gasteiger partial charge in [-0.1, -0.05) is 40.2 Å². The van der Waals surface area contributed by atoms with Crippen molar-refractivity contribution in [2.24, 2.45) is 5.41 Å². The number of imidazole rings is 1. The minimum atomic E-state index is -5.78. The van der Waals surface area contributed by atoms with Crippen LogP contribution in [0.2, 0.25) is 0 Å². The Kier molecular flexibility index (Phi) is 11.8. The van der Waals surface area contributed by atoms with Crippen LogP contribution in [0.4, 0.5) is 13.6 Å². The first-order valence-corrected chi connectivity index (χ1v) is 15.6. The average molecular weight is 735 g/mol. The molecule has 1 heterocycles. The summed E-state index contributed by atoms with van der Waals surface area (Å²) in [5.41, 5.74) is -6.12. The van der Waals surface area contributed by atoms with Gasteiger partial charge in [-0.3, -0.25) is 9.36 Å². The summed E-state index contributed by atoms with van der Waals surface area (Å²) in [7, 11) is -4.56. The predicted octanol–water partition coefficient (Wildman–Crippen LogP) is 6.15. The van der Waals surface area contributed by atoms with Gasteiger partial charge in [0, 0.05) is 16.2 Å². The van der Waals surface area contributed by atoms with Gasteiger partial charge < -0.3 is 14.2 Å². The van der Waals surface area contributed by atoms with Crippen molar-refractivity contribution in [1.82, 2.24) is 9.13 Å². The van der Waals surface area contributed by atoms with Crippen LogP contribution in [0.3, 0.4) is 0 Å². The van der Waals surface area contributed by atoms with E-state index in [-0.39, 0.29) is 34.4 Å². The number of benzene rings is 2. The molecule has 1 atom stereocenters. The molecular weight excluding hydrogens is 705 g/mol. The van der Waals surface area contributed by atoms with Crippen molar-refractivity contribution in [3.05, 3.63) is 80.3 Å². The van der Waals surface area contributed by atoms with Crippen molar-refractivity contribution < 1.29 is 61.4 Å². The monoisotopic (exact) mass is 734 g/mol. The minimum Gasteiger partial charge on any atom is -0.465 e. The van der Waals surface area contributed by atoms with E-state index in [1.54, 1.807) is 6.92 Å². The number of carbonyl (C=O) groups is 3. The van der Waals surface area contributed by atoms with Crippen LogP contribution < -0.4 is 5.69 Å². The smallest absolute Gasteiger partial charge is 0.457 e. The molecule has 0 aliphatic carbocycles. The van der Waals surface area contributed by atoms with E-state index in [4.69, 9.17) is 14.7 Å². The number of carbonyl (C=O) groups excluding carboxylic acids is 3. The number of aromatic nitrogens is 2. The fraction of sp³-hybridized carbons (Fsp3) is 0.357. The Balaban J connectivity index is 1.93. The van der Waals surface area contributed by atoms with Gasteiger partial charge >= 0.3 is 37.0 Å². The minimum absolute atomic E-state index is 0.0134. The number of halogens is 3. The Morgan fingerprint density at radius 2 is 1.70 bits per heavy atom. The average Bonchev–Trinajstić information content (AvgIpc) is 3.33. The van der Waals surface area contributed by atoms with E-state index >= 15 is 8.78 Å². The lowest BCUT2D eigenvalue weighted by Crippen LogP contribution is -2.30. The maximum absolute atomic E-state index is 15.4. The number of methoxy groups -OCH3 is 1. The first kappa shape index (κ1) is 36.7. The number of hydrogen-bond acceptors (Lipinski definition) is 12. The van der Waals surface area contributed by atoms with Crippen LogP contribution in [0.15, 0.2) is 57.9 Å². The summed E-state index contributed by atoms with van der Waals surface area (Å²) >= 11 is 2.99. The largest absolute Gasteiger partial charge is 0.465 e. The first-order valence-electron chi connectivity index (χ1n) is 13.3. The molecule has 3 rings (SSSR count). The molecule has 2 aromatic carbocycles. The van der Waals surface area contributed by atoms with Crippen molar-refractivity contribution >= 4 is 41.6 Å². The van der Waals surface area contributed by atoms with Crippen LogP contribution in [0.5, 0.6) is 0 Å². The summed E-state index contributed by atoms with van der Waals surface area (Å²) < 4.78 is 67.2. The van der Waals surface area contributed by atoms with Crippen molar-refractivity contribution in [1.29, 1.82) is 0 Å². The molecule has 0 spiro atoms. The van der Waals surface area contributed by atoms with Gasteiger partial charge in [-0.25, -0.2) is 28.8 Å². The van der Waals surface area contributed by atoms with Crippen LogP contribution in [0.1, 0.15) is 49.2 Å². The van der Waals surface area contributed by atoms with Gasteiger partial charge in [-0.15, -0.1) is 9.35 Å². The van der Waals surface area contributed by atoms with Crippen molar-refractivity contribution in [3.63, 3.8) is 0 Å². The van der Waals surface area contributed by atoms with Crippen LogP contribution in [0, 0.1) is 5.41 Å². The zero-order chi connectivity index (χ0) is 34.4. The topological polar surface area (TPSA) is 171 Å². The second-order valence-corrected chi connectivity index (χ2v) is 13.2. The lowest BCUT2D eigenvalue weighted by Gasteiger charge is -2.24. The standard InChI is InChI=1S/C28H30BrF2N2O12P/c1-6-41-26(37)33-15-22(18-8-10-19(11-9-18)23(34)40-5)32(25(33)36)14-17-7-12-20(21(29)13-17)28(30,31)46(39,44-38)45-43-16-42-24(35)27(2,3)4/h7-13,15,38H,6,14,16H2,1-5H3. The maximum atomic E-state index is 15.4. The molecule has 3 aromatic rings. The molecule has 0 aliphatic rings. The van der Waals surface area contributed by atoms with E-state index in [2.05, 4.69) is 34.9 Å². The third-order valence-corrected chi connectivity index (χ3v) is 8.30. The van der Waals surface area contributed by atoms with E-state index in [0.29, 0.717) is 5.56 Å². The highest BCUT2D eigenvalue weighted by atomic mass is 79.9. The summed E-state index contributed by atoms with van der Waals surface area (Å²) in [4.78, 5) is 53.8. The van der Waals surface area contributed by atoms with Gasteiger partial charge in [0.05, 0.1) is 36.9 Å². The highest BCUT2D eigenvalue weighted by Gasteiger charge is 2.58. The SMILES string of the molecule is CCOC(=O)n1cc(-c2ccc(C(=O)OC)cc2)n(Cc2ccc(C(F)(F)P(=O)(OO)OOCOC(=O)C(C)(C)C)c(Br)c2)c1=O. The Morgan fingerprint density at radius 3 is 2.24 bits per heavy atom. The van der Waals surface area contributed by atoms with E-state index < -0.39 is 54.8 Å². The molecule has 0 fully saturated rings. The molecule has 0 saturated heterocycles. The lowest BCUT2D eigenvalue weighted by molar-refractivity contribution is -0.292. The molecule has 14 nitrogen and oxygen atoms in total. The molecule has 0 radical (unpaired) electrons. The quantitative estimate of drug-likeness (QED) is 0.0429. The molecule has 1 N–H and O–H groups in total. The molecule has 1 aromatic heterocycles. The Hall–Kier alpha value is -3.73. The first-order chi connectivity index (χ1) is 21.5. The number of esters is 2. The van der Waals surface area contributed by atoms with Crippen molar-refractivity contribution in [2.75, 3.05) is 20.5 Å². The number of ether oxygens (including phenoxy) is 3. The molecule has 250 valence electrons. The van der Waals surface area contributed by atoms with E-state index in [1.165, 1.54) is 75.0 Å². The van der Waals surface area contributed by atoms with Gasteiger partial charge in [0.1, 0.15) is 0 Å². The highest BCUT2D eigenvalue weighted by Crippen LogP contribution is 2.67. The van der Waals surface area contributed by atoms with Crippen LogP contribution >= 0.6 is 23.5 Å². The van der Waals surface area contributed by atoms with Gasteiger partial charge in [0.25, 0.3) is 0 Å². The Morgan fingerprint density at radius 1 is 1.04 bits per heavy atom. The summed E-state index contributed by atoms with van der Waals surface area (Å²) in [6.45, 7) is 4.81. The molecule has 18 heteroatoms. The van der Waals surface area contributed by atoms with Crippen molar-refractivity contribution in [2.45, 2.75) is 39.9 Å². The summed E-state index contributed by atoms with van der Waals surface area (Å²) in [5.74, 6) is -1.37. The van der Waals surface area contributed by atoms with Crippen LogP contribution in [-0.2, 0) is 50.0 Å². The highest BCUT2D eigenvalue weighted by molar-refractivity contribution is 9.10. The summed E-state index contributed by atoms with van der Waals surface area (Å²) in [6.07, 6.45) is 0.278. The van der Waals surface area contributed by atoms with E-state index in [1.807, 2.05) is 0 Å². The Labute approximate surface area is 269 Å². The third kappa shape index (κ3) is 7.97. The van der Waals surface area contributed by atoms with E-state index in [0.717, 1.165) is 10.6 Å². The molecule has 0 aliphatic heterocycles. The lowest BCUT2D eigenvalue weighted by atomic mass is 9.98. The van der Waals surface area contributed by atoms with Gasteiger partial charge in [-0.2, -0.15) is 13.7 Å². The van der Waals surface area contributed by atoms with Crippen LogP contribution in [0.25, 0.3) is 11.3 Å². The zero-order valence-electron chi connectivity index (χ0n) is 25.2. The maximum Gasteiger partial charge on any atom is 0.457 e. The van der Waals surface area contributed by atoms with Gasteiger partial charge in [-0.05, 0) is 57.0 Å². The number of alkyl halides is 2. The van der Waals surface area contributed by atoms with Gasteiger partial charge in [0.15, 0.2) is 0 Å². The van der Waals surface area contributed by atoms with Crippen molar-refractivity contribution in [3.8, 4) is 11.3 Å². The third-order valence-electron chi connectivity index (χ3n) is 6.20. The number of nitrogens with zero attached hydrogens (tertiary/aromatic N) is 2.